The normalized spacial score (nSPS) is 15.3. The molecule has 1 saturated carbocycles. The Kier molecular flexibility index (Phi) is 5.76. The summed E-state index contributed by atoms with van der Waals surface area (Å²) < 4.78 is 29.3. The van der Waals surface area contributed by atoms with Gasteiger partial charge < -0.3 is 10.1 Å². The first-order valence-electron chi connectivity index (χ1n) is 7.64. The molecule has 0 spiro atoms. The standard InChI is InChI=1S/C16H21NO5S/c1-22-16(19)11-10-15(18)17-12-6-8-14(9-7-12)23(20,21)13-4-2-3-5-13/h6-9,13H,2-5,10-11H2,1H3,(H,17,18). The molecule has 0 aliphatic heterocycles. The molecule has 1 aliphatic carbocycles. The van der Waals surface area contributed by atoms with Crippen LogP contribution in [0.3, 0.4) is 0 Å². The van der Waals surface area contributed by atoms with Crippen molar-refractivity contribution in [1.29, 1.82) is 0 Å². The number of carbonyl (C=O) groups excluding carboxylic acids is 2. The molecule has 7 heteroatoms. The van der Waals surface area contributed by atoms with Gasteiger partial charge in [0, 0.05) is 12.1 Å². The van der Waals surface area contributed by atoms with E-state index in [0.717, 1.165) is 12.8 Å². The van der Waals surface area contributed by atoms with Crippen LogP contribution in [0.15, 0.2) is 29.2 Å². The van der Waals surface area contributed by atoms with E-state index < -0.39 is 15.8 Å². The molecule has 0 radical (unpaired) electrons. The van der Waals surface area contributed by atoms with Crippen LogP contribution in [0.1, 0.15) is 38.5 Å². The number of nitrogens with one attached hydrogen (secondary N) is 1. The predicted molar refractivity (Wildman–Crippen MR) is 85.8 cm³/mol. The Morgan fingerprint density at radius 1 is 1.13 bits per heavy atom. The van der Waals surface area contributed by atoms with E-state index in [2.05, 4.69) is 10.1 Å². The highest BCUT2D eigenvalue weighted by Gasteiger charge is 2.30. The van der Waals surface area contributed by atoms with Gasteiger partial charge >= 0.3 is 5.97 Å². The summed E-state index contributed by atoms with van der Waals surface area (Å²) in [5, 5.41) is 2.34. The van der Waals surface area contributed by atoms with Gasteiger partial charge in [-0.15, -0.1) is 0 Å². The van der Waals surface area contributed by atoms with Crippen molar-refractivity contribution in [2.24, 2.45) is 0 Å². The summed E-state index contributed by atoms with van der Waals surface area (Å²) in [6, 6.07) is 6.17. The van der Waals surface area contributed by atoms with Crippen LogP contribution < -0.4 is 5.32 Å². The first kappa shape index (κ1) is 17.5. The molecule has 0 atom stereocenters. The molecule has 0 saturated heterocycles. The number of rotatable bonds is 6. The number of hydrogen-bond acceptors (Lipinski definition) is 5. The number of carbonyl (C=O) groups is 2. The quantitative estimate of drug-likeness (QED) is 0.803. The van der Waals surface area contributed by atoms with Crippen LogP contribution in [0.4, 0.5) is 5.69 Å². The second-order valence-corrected chi connectivity index (χ2v) is 7.83. The van der Waals surface area contributed by atoms with Crippen molar-refractivity contribution in [2.75, 3.05) is 12.4 Å². The van der Waals surface area contributed by atoms with E-state index in [4.69, 9.17) is 0 Å². The van der Waals surface area contributed by atoms with Crippen LogP contribution in [0, 0.1) is 0 Å². The lowest BCUT2D eigenvalue weighted by Gasteiger charge is -2.12. The second kappa shape index (κ2) is 7.59. The lowest BCUT2D eigenvalue weighted by Crippen LogP contribution is -2.18. The molecular formula is C16H21NO5S. The molecular weight excluding hydrogens is 318 g/mol. The number of ether oxygens (including phenoxy) is 1. The summed E-state index contributed by atoms with van der Waals surface area (Å²) in [4.78, 5) is 23.0. The van der Waals surface area contributed by atoms with Crippen LogP contribution in [0.25, 0.3) is 0 Å². The molecule has 0 aromatic heterocycles. The average molecular weight is 339 g/mol. The molecule has 126 valence electrons. The van der Waals surface area contributed by atoms with Crippen molar-refractivity contribution in [1.82, 2.24) is 0 Å². The average Bonchev–Trinajstić information content (AvgIpc) is 3.08. The first-order valence-corrected chi connectivity index (χ1v) is 9.19. The van der Waals surface area contributed by atoms with E-state index in [-0.39, 0.29) is 28.9 Å². The number of sulfone groups is 1. The van der Waals surface area contributed by atoms with Gasteiger partial charge in [-0.05, 0) is 37.1 Å². The zero-order valence-corrected chi connectivity index (χ0v) is 13.9. The van der Waals surface area contributed by atoms with Gasteiger partial charge in [-0.2, -0.15) is 0 Å². The third kappa shape index (κ3) is 4.54. The van der Waals surface area contributed by atoms with Crippen molar-refractivity contribution >= 4 is 27.4 Å². The van der Waals surface area contributed by atoms with E-state index in [1.165, 1.54) is 19.2 Å². The monoisotopic (exact) mass is 339 g/mol. The van der Waals surface area contributed by atoms with E-state index in [1.807, 2.05) is 0 Å². The SMILES string of the molecule is COC(=O)CCC(=O)Nc1ccc(S(=O)(=O)C2CCCC2)cc1. The molecule has 1 fully saturated rings. The molecule has 1 aliphatic rings. The Labute approximate surface area is 136 Å². The third-order valence-electron chi connectivity index (χ3n) is 3.99. The van der Waals surface area contributed by atoms with Gasteiger partial charge in [0.2, 0.25) is 5.91 Å². The third-order valence-corrected chi connectivity index (χ3v) is 6.27. The molecule has 1 aromatic carbocycles. The maximum Gasteiger partial charge on any atom is 0.306 e. The fourth-order valence-electron chi connectivity index (χ4n) is 2.66. The number of methoxy groups -OCH3 is 1. The topological polar surface area (TPSA) is 89.5 Å². The summed E-state index contributed by atoms with van der Waals surface area (Å²) in [7, 11) is -2.02. The van der Waals surface area contributed by atoms with Crippen LogP contribution in [0.2, 0.25) is 0 Å². The van der Waals surface area contributed by atoms with Crippen LogP contribution >= 0.6 is 0 Å². The molecule has 0 unspecified atom stereocenters. The zero-order chi connectivity index (χ0) is 16.9. The minimum atomic E-state index is -3.28. The molecule has 1 N–H and O–H groups in total. The van der Waals surface area contributed by atoms with Gasteiger partial charge in [-0.25, -0.2) is 8.42 Å². The number of hydrogen-bond donors (Lipinski definition) is 1. The molecule has 1 aromatic rings. The zero-order valence-electron chi connectivity index (χ0n) is 13.1. The highest BCUT2D eigenvalue weighted by atomic mass is 32.2. The molecule has 0 bridgehead atoms. The maximum absolute atomic E-state index is 12.4. The van der Waals surface area contributed by atoms with Crippen LogP contribution in [-0.2, 0) is 24.2 Å². The van der Waals surface area contributed by atoms with Crippen molar-refractivity contribution < 1.29 is 22.7 Å². The minimum absolute atomic E-state index is 0.0104. The number of benzene rings is 1. The van der Waals surface area contributed by atoms with E-state index in [0.29, 0.717) is 18.5 Å². The van der Waals surface area contributed by atoms with Gasteiger partial charge in [0.05, 0.1) is 23.7 Å². The van der Waals surface area contributed by atoms with Gasteiger partial charge in [0.1, 0.15) is 0 Å². The Bertz CT molecular complexity index is 660. The van der Waals surface area contributed by atoms with E-state index >= 15 is 0 Å². The summed E-state index contributed by atoms with van der Waals surface area (Å²) >= 11 is 0. The first-order chi connectivity index (χ1) is 10.9. The van der Waals surface area contributed by atoms with Gasteiger partial charge in [-0.1, -0.05) is 12.8 Å². The predicted octanol–water partition coefficient (Wildman–Crippen LogP) is 2.29. The number of amides is 1. The Morgan fingerprint density at radius 3 is 2.30 bits per heavy atom. The van der Waals surface area contributed by atoms with E-state index in [9.17, 15) is 18.0 Å². The largest absolute Gasteiger partial charge is 0.469 e. The number of anilines is 1. The van der Waals surface area contributed by atoms with Gasteiger partial charge in [-0.3, -0.25) is 9.59 Å². The highest BCUT2D eigenvalue weighted by molar-refractivity contribution is 7.92. The van der Waals surface area contributed by atoms with Crippen LogP contribution in [-0.4, -0.2) is 32.7 Å². The molecule has 23 heavy (non-hydrogen) atoms. The number of esters is 1. The molecule has 6 nitrogen and oxygen atoms in total. The fourth-order valence-corrected chi connectivity index (χ4v) is 4.51. The minimum Gasteiger partial charge on any atom is -0.469 e. The van der Waals surface area contributed by atoms with E-state index in [1.54, 1.807) is 12.1 Å². The highest BCUT2D eigenvalue weighted by Crippen LogP contribution is 2.30. The maximum atomic E-state index is 12.4. The Morgan fingerprint density at radius 2 is 1.74 bits per heavy atom. The summed E-state index contributed by atoms with van der Waals surface area (Å²) in [5.41, 5.74) is 0.505. The van der Waals surface area contributed by atoms with Crippen molar-refractivity contribution in [3.05, 3.63) is 24.3 Å². The van der Waals surface area contributed by atoms with Crippen LogP contribution in [0.5, 0.6) is 0 Å². The lowest BCUT2D eigenvalue weighted by atomic mass is 10.2. The Balaban J connectivity index is 1.96. The van der Waals surface area contributed by atoms with Crippen molar-refractivity contribution in [3.63, 3.8) is 0 Å². The summed E-state index contributed by atoms with van der Waals surface area (Å²) in [6.45, 7) is 0. The second-order valence-electron chi connectivity index (χ2n) is 5.60. The smallest absolute Gasteiger partial charge is 0.306 e. The molecule has 0 heterocycles. The van der Waals surface area contributed by atoms with Crippen molar-refractivity contribution in [2.45, 2.75) is 48.7 Å². The lowest BCUT2D eigenvalue weighted by molar-refractivity contribution is -0.141. The van der Waals surface area contributed by atoms with Gasteiger partial charge in [0.25, 0.3) is 0 Å². The summed E-state index contributed by atoms with van der Waals surface area (Å²) in [5.74, 6) is -0.764. The summed E-state index contributed by atoms with van der Waals surface area (Å²) in [6.07, 6.45) is 3.38. The Hall–Kier alpha value is -1.89. The molecule has 1 amide bonds. The van der Waals surface area contributed by atoms with Gasteiger partial charge in [0.15, 0.2) is 9.84 Å². The fraction of sp³-hybridized carbons (Fsp3) is 0.500. The molecule has 2 rings (SSSR count). The van der Waals surface area contributed by atoms with Crippen molar-refractivity contribution in [3.8, 4) is 0 Å².